The Kier molecular flexibility index (Phi) is 5.27. The van der Waals surface area contributed by atoms with Crippen LogP contribution < -0.4 is 9.62 Å². The zero-order valence-electron chi connectivity index (χ0n) is 13.2. The molecular formula is C16H26N2O2S. The second-order valence-corrected chi connectivity index (χ2v) is 7.96. The van der Waals surface area contributed by atoms with E-state index in [1.54, 1.807) is 0 Å². The van der Waals surface area contributed by atoms with Crippen molar-refractivity contribution in [3.8, 4) is 0 Å². The van der Waals surface area contributed by atoms with E-state index >= 15 is 0 Å². The third kappa shape index (κ3) is 4.45. The van der Waals surface area contributed by atoms with E-state index in [9.17, 15) is 8.42 Å². The van der Waals surface area contributed by atoms with E-state index in [-0.39, 0.29) is 5.75 Å². The number of rotatable bonds is 6. The molecule has 1 heterocycles. The zero-order valence-corrected chi connectivity index (χ0v) is 14.0. The fraction of sp³-hybridized carbons (Fsp3) is 0.625. The van der Waals surface area contributed by atoms with Crippen molar-refractivity contribution in [2.24, 2.45) is 5.92 Å². The van der Waals surface area contributed by atoms with E-state index in [0.29, 0.717) is 18.9 Å². The van der Waals surface area contributed by atoms with E-state index in [1.807, 2.05) is 6.92 Å². The molecule has 1 atom stereocenters. The average Bonchev–Trinajstić information content (AvgIpc) is 2.89. The zero-order chi connectivity index (χ0) is 15.5. The molecule has 0 amide bonds. The molecule has 0 aromatic heterocycles. The van der Waals surface area contributed by atoms with Gasteiger partial charge in [0.15, 0.2) is 0 Å². The number of benzene rings is 1. The number of nitrogens with zero attached hydrogens (tertiary/aromatic N) is 1. The van der Waals surface area contributed by atoms with Gasteiger partial charge in [0.25, 0.3) is 0 Å². The Morgan fingerprint density at radius 3 is 2.71 bits per heavy atom. The Balaban J connectivity index is 1.90. The van der Waals surface area contributed by atoms with Gasteiger partial charge in [0.1, 0.15) is 0 Å². The summed E-state index contributed by atoms with van der Waals surface area (Å²) in [4.78, 5) is 2.35. The lowest BCUT2D eigenvalue weighted by Gasteiger charge is -2.20. The third-order valence-electron chi connectivity index (χ3n) is 4.21. The molecule has 2 rings (SSSR count). The highest BCUT2D eigenvalue weighted by Gasteiger charge is 2.24. The molecule has 0 saturated carbocycles. The molecule has 4 nitrogen and oxygen atoms in total. The van der Waals surface area contributed by atoms with Crippen LogP contribution in [0.3, 0.4) is 0 Å². The predicted molar refractivity (Wildman–Crippen MR) is 88.3 cm³/mol. The standard InChI is InChI=1S/C16H26N2O2S/c1-4-9-21(19,20)17-11-15-7-8-18(12-15)16-6-5-13(2)14(3)10-16/h5-6,10,15,17H,4,7-9,11-12H2,1-3H3. The maximum Gasteiger partial charge on any atom is 0.211 e. The van der Waals surface area contributed by atoms with Gasteiger partial charge in [-0.3, -0.25) is 0 Å². The summed E-state index contributed by atoms with van der Waals surface area (Å²) in [5, 5.41) is 0. The van der Waals surface area contributed by atoms with Gasteiger partial charge < -0.3 is 4.90 Å². The van der Waals surface area contributed by atoms with Crippen LogP contribution in [0.25, 0.3) is 0 Å². The number of aryl methyl sites for hydroxylation is 2. The quantitative estimate of drug-likeness (QED) is 0.878. The molecule has 0 bridgehead atoms. The Bertz CT molecular complexity index is 584. The number of anilines is 1. The molecule has 1 unspecified atom stereocenters. The predicted octanol–water partition coefficient (Wildman–Crippen LogP) is 2.46. The van der Waals surface area contributed by atoms with Gasteiger partial charge in [0, 0.05) is 25.3 Å². The first-order chi connectivity index (χ1) is 9.91. The van der Waals surface area contributed by atoms with Crippen molar-refractivity contribution >= 4 is 15.7 Å². The molecule has 0 aliphatic carbocycles. The molecule has 1 N–H and O–H groups in total. The minimum atomic E-state index is -3.08. The van der Waals surface area contributed by atoms with Crippen LogP contribution >= 0.6 is 0 Å². The minimum Gasteiger partial charge on any atom is -0.371 e. The summed E-state index contributed by atoms with van der Waals surface area (Å²) in [5.41, 5.74) is 3.86. The van der Waals surface area contributed by atoms with Crippen LogP contribution in [0.4, 0.5) is 5.69 Å². The van der Waals surface area contributed by atoms with Gasteiger partial charge in [-0.2, -0.15) is 0 Å². The van der Waals surface area contributed by atoms with Crippen LogP contribution in [0.1, 0.15) is 30.9 Å². The maximum absolute atomic E-state index is 11.7. The second-order valence-electron chi connectivity index (χ2n) is 6.04. The van der Waals surface area contributed by atoms with Gasteiger partial charge in [-0.1, -0.05) is 13.0 Å². The Morgan fingerprint density at radius 1 is 1.29 bits per heavy atom. The fourth-order valence-electron chi connectivity index (χ4n) is 2.74. The van der Waals surface area contributed by atoms with E-state index in [1.165, 1.54) is 16.8 Å². The molecule has 1 aliphatic heterocycles. The first kappa shape index (κ1) is 16.3. The summed E-state index contributed by atoms with van der Waals surface area (Å²) in [7, 11) is -3.08. The molecule has 1 fully saturated rings. The summed E-state index contributed by atoms with van der Waals surface area (Å²) in [6.45, 7) is 8.62. The Morgan fingerprint density at radius 2 is 2.05 bits per heavy atom. The summed E-state index contributed by atoms with van der Waals surface area (Å²) in [5.74, 6) is 0.624. The van der Waals surface area contributed by atoms with Gasteiger partial charge in [0.05, 0.1) is 5.75 Å². The summed E-state index contributed by atoms with van der Waals surface area (Å²) in [6.07, 6.45) is 1.70. The molecule has 118 valence electrons. The number of hydrogen-bond acceptors (Lipinski definition) is 3. The Hall–Kier alpha value is -1.07. The van der Waals surface area contributed by atoms with Crippen LogP contribution in [0.15, 0.2) is 18.2 Å². The number of nitrogens with one attached hydrogen (secondary N) is 1. The molecule has 21 heavy (non-hydrogen) atoms. The van der Waals surface area contributed by atoms with Gasteiger partial charge in [0.2, 0.25) is 10.0 Å². The van der Waals surface area contributed by atoms with Gasteiger partial charge >= 0.3 is 0 Å². The number of hydrogen-bond donors (Lipinski definition) is 1. The normalized spacial score (nSPS) is 19.2. The topological polar surface area (TPSA) is 49.4 Å². The summed E-state index contributed by atoms with van der Waals surface area (Å²) < 4.78 is 26.1. The number of sulfonamides is 1. The van der Waals surface area contributed by atoms with E-state index in [2.05, 4.69) is 41.7 Å². The minimum absolute atomic E-state index is 0.223. The molecule has 1 aromatic rings. The van der Waals surface area contributed by atoms with Gasteiger partial charge in [-0.05, 0) is 55.9 Å². The van der Waals surface area contributed by atoms with Crippen molar-refractivity contribution in [2.75, 3.05) is 30.3 Å². The molecule has 0 spiro atoms. The first-order valence-corrected chi connectivity index (χ1v) is 9.36. The molecule has 1 aliphatic rings. The van der Waals surface area contributed by atoms with Crippen molar-refractivity contribution in [2.45, 2.75) is 33.6 Å². The van der Waals surface area contributed by atoms with Crippen molar-refractivity contribution in [1.82, 2.24) is 4.72 Å². The van der Waals surface area contributed by atoms with Gasteiger partial charge in [-0.25, -0.2) is 13.1 Å². The first-order valence-electron chi connectivity index (χ1n) is 7.71. The highest BCUT2D eigenvalue weighted by molar-refractivity contribution is 7.89. The van der Waals surface area contributed by atoms with Crippen LogP contribution in [0.2, 0.25) is 0 Å². The lowest BCUT2D eigenvalue weighted by atomic mass is 10.1. The summed E-state index contributed by atoms with van der Waals surface area (Å²) in [6, 6.07) is 6.53. The van der Waals surface area contributed by atoms with Crippen LogP contribution in [-0.2, 0) is 10.0 Å². The molecule has 0 radical (unpaired) electrons. The fourth-order valence-corrected chi connectivity index (χ4v) is 3.91. The summed E-state index contributed by atoms with van der Waals surface area (Å²) >= 11 is 0. The second kappa shape index (κ2) is 6.79. The maximum atomic E-state index is 11.7. The van der Waals surface area contributed by atoms with Crippen LogP contribution in [-0.4, -0.2) is 33.8 Å². The van der Waals surface area contributed by atoms with Gasteiger partial charge in [-0.15, -0.1) is 0 Å². The average molecular weight is 310 g/mol. The van der Waals surface area contributed by atoms with E-state index < -0.39 is 10.0 Å². The van der Waals surface area contributed by atoms with Crippen molar-refractivity contribution < 1.29 is 8.42 Å². The lowest BCUT2D eigenvalue weighted by molar-refractivity contribution is 0.541. The molecule has 1 aromatic carbocycles. The van der Waals surface area contributed by atoms with Crippen molar-refractivity contribution in [3.05, 3.63) is 29.3 Å². The third-order valence-corrected chi connectivity index (χ3v) is 5.76. The monoisotopic (exact) mass is 310 g/mol. The highest BCUT2D eigenvalue weighted by Crippen LogP contribution is 2.25. The molecule has 1 saturated heterocycles. The Labute approximate surface area is 128 Å². The van der Waals surface area contributed by atoms with E-state index in [4.69, 9.17) is 0 Å². The highest BCUT2D eigenvalue weighted by atomic mass is 32.2. The largest absolute Gasteiger partial charge is 0.371 e. The smallest absolute Gasteiger partial charge is 0.211 e. The molecular weight excluding hydrogens is 284 g/mol. The van der Waals surface area contributed by atoms with Crippen molar-refractivity contribution in [1.29, 1.82) is 0 Å². The van der Waals surface area contributed by atoms with Crippen LogP contribution in [0, 0.1) is 19.8 Å². The van der Waals surface area contributed by atoms with E-state index in [0.717, 1.165) is 19.5 Å². The van der Waals surface area contributed by atoms with Crippen molar-refractivity contribution in [3.63, 3.8) is 0 Å². The SMILES string of the molecule is CCCS(=O)(=O)NCC1CCN(c2ccc(C)c(C)c2)C1. The lowest BCUT2D eigenvalue weighted by Crippen LogP contribution is -2.32. The molecule has 5 heteroatoms. The van der Waals surface area contributed by atoms with Crippen LogP contribution in [0.5, 0.6) is 0 Å².